The van der Waals surface area contributed by atoms with Crippen LogP contribution in [-0.4, -0.2) is 56.6 Å². The summed E-state index contributed by atoms with van der Waals surface area (Å²) < 4.78 is 43.1. The zero-order chi connectivity index (χ0) is 24.5. The Labute approximate surface area is 199 Å². The molecule has 2 aliphatic rings. The van der Waals surface area contributed by atoms with Gasteiger partial charge in [0.15, 0.2) is 0 Å². The van der Waals surface area contributed by atoms with E-state index in [2.05, 4.69) is 14.5 Å². The van der Waals surface area contributed by atoms with Gasteiger partial charge in [-0.3, -0.25) is 4.72 Å². The van der Waals surface area contributed by atoms with E-state index in [-0.39, 0.29) is 27.8 Å². The number of fused-ring (bicyclic) bond motifs is 3. The predicted octanol–water partition coefficient (Wildman–Crippen LogP) is 4.20. The molecule has 0 radical (unpaired) electrons. The molecule has 0 aliphatic carbocycles. The van der Waals surface area contributed by atoms with Crippen molar-refractivity contribution in [1.82, 2.24) is 4.90 Å². The lowest BCUT2D eigenvalue weighted by atomic mass is 10.00. The molecule has 0 amide bonds. The summed E-state index contributed by atoms with van der Waals surface area (Å²) in [6.07, 6.45) is 6.03. The first-order valence-corrected chi connectivity index (χ1v) is 13.1. The van der Waals surface area contributed by atoms with Crippen molar-refractivity contribution in [3.05, 3.63) is 58.9 Å². The third-order valence-electron chi connectivity index (χ3n) is 6.69. The van der Waals surface area contributed by atoms with E-state index < -0.39 is 21.8 Å². The van der Waals surface area contributed by atoms with Crippen molar-refractivity contribution in [2.45, 2.75) is 44.0 Å². The number of anilines is 2. The zero-order valence-electron chi connectivity index (χ0n) is 19.4. The third kappa shape index (κ3) is 4.67. The van der Waals surface area contributed by atoms with Gasteiger partial charge in [-0.1, -0.05) is 26.0 Å². The van der Waals surface area contributed by atoms with E-state index in [1.54, 1.807) is 18.2 Å². The van der Waals surface area contributed by atoms with Gasteiger partial charge in [0.05, 0.1) is 16.1 Å². The van der Waals surface area contributed by atoms with Gasteiger partial charge in [0.2, 0.25) is 0 Å². The SMILES string of the molecule is CCN(CC)C/C=C\c1cc(F)ccc1S(=O)(=O)Nc1ccc2c(c1C(=O)O)C[C@H]1CCCN21. The van der Waals surface area contributed by atoms with Crippen LogP contribution in [-0.2, 0) is 16.4 Å². The lowest BCUT2D eigenvalue weighted by molar-refractivity contribution is 0.0697. The molecule has 2 heterocycles. The van der Waals surface area contributed by atoms with Gasteiger partial charge in [-0.15, -0.1) is 0 Å². The number of benzene rings is 2. The minimum Gasteiger partial charge on any atom is -0.478 e. The molecule has 1 atom stereocenters. The number of hydrogen-bond donors (Lipinski definition) is 2. The minimum atomic E-state index is -4.17. The van der Waals surface area contributed by atoms with E-state index in [0.29, 0.717) is 18.5 Å². The normalized spacial score (nSPS) is 17.4. The van der Waals surface area contributed by atoms with Crippen LogP contribution in [0.2, 0.25) is 0 Å². The van der Waals surface area contributed by atoms with Crippen LogP contribution >= 0.6 is 0 Å². The zero-order valence-corrected chi connectivity index (χ0v) is 20.2. The van der Waals surface area contributed by atoms with Crippen LogP contribution < -0.4 is 9.62 Å². The molecule has 0 bridgehead atoms. The van der Waals surface area contributed by atoms with Crippen LogP contribution in [0.5, 0.6) is 0 Å². The molecule has 0 spiro atoms. The highest BCUT2D eigenvalue weighted by Crippen LogP contribution is 2.42. The topological polar surface area (TPSA) is 90.0 Å². The van der Waals surface area contributed by atoms with Crippen LogP contribution in [0.4, 0.5) is 15.8 Å². The first kappa shape index (κ1) is 24.2. The molecule has 9 heteroatoms. The van der Waals surface area contributed by atoms with E-state index in [0.717, 1.165) is 44.2 Å². The molecule has 1 saturated heterocycles. The number of carboxylic acids is 1. The summed E-state index contributed by atoms with van der Waals surface area (Å²) in [4.78, 5) is 16.4. The second-order valence-electron chi connectivity index (χ2n) is 8.66. The number of hydrogen-bond acceptors (Lipinski definition) is 5. The summed E-state index contributed by atoms with van der Waals surface area (Å²) in [6.45, 7) is 7.21. The van der Waals surface area contributed by atoms with E-state index in [9.17, 15) is 22.7 Å². The number of sulfonamides is 1. The van der Waals surface area contributed by atoms with Gasteiger partial charge in [0, 0.05) is 24.8 Å². The standard InChI is InChI=1S/C25H30FN3O4S/c1-3-28(4-2)13-5-7-17-15-18(26)9-12-23(17)34(32,33)27-21-10-11-22-20(24(21)25(30)31)16-19-8-6-14-29(19)22/h5,7,9-12,15,19,27H,3-4,6,8,13-14,16H2,1-2H3,(H,30,31)/b7-5-/t19-/m1/s1. The van der Waals surface area contributed by atoms with Crippen LogP contribution in [0.15, 0.2) is 41.3 Å². The molecule has 7 nitrogen and oxygen atoms in total. The molecular formula is C25H30FN3O4S. The monoisotopic (exact) mass is 487 g/mol. The number of aromatic carboxylic acids is 1. The number of likely N-dealkylation sites (N-methyl/N-ethyl adjacent to an activating group) is 1. The van der Waals surface area contributed by atoms with Crippen molar-refractivity contribution in [1.29, 1.82) is 0 Å². The quantitative estimate of drug-likeness (QED) is 0.551. The predicted molar refractivity (Wildman–Crippen MR) is 132 cm³/mol. The molecule has 0 aromatic heterocycles. The van der Waals surface area contributed by atoms with Crippen molar-refractivity contribution < 1.29 is 22.7 Å². The fourth-order valence-electron chi connectivity index (χ4n) is 4.95. The van der Waals surface area contributed by atoms with Gasteiger partial charge >= 0.3 is 5.97 Å². The minimum absolute atomic E-state index is 0.0174. The van der Waals surface area contributed by atoms with Gasteiger partial charge in [0.25, 0.3) is 10.0 Å². The number of nitrogens with one attached hydrogen (secondary N) is 1. The van der Waals surface area contributed by atoms with Crippen molar-refractivity contribution in [3.8, 4) is 0 Å². The maximum Gasteiger partial charge on any atom is 0.338 e. The molecule has 1 fully saturated rings. The van der Waals surface area contributed by atoms with E-state index in [4.69, 9.17) is 0 Å². The van der Waals surface area contributed by atoms with Gasteiger partial charge in [-0.2, -0.15) is 0 Å². The van der Waals surface area contributed by atoms with Crippen molar-refractivity contribution in [2.24, 2.45) is 0 Å². The fourth-order valence-corrected chi connectivity index (χ4v) is 6.20. The Kier molecular flexibility index (Phi) is 6.95. The highest BCUT2D eigenvalue weighted by atomic mass is 32.2. The molecule has 34 heavy (non-hydrogen) atoms. The molecule has 4 rings (SSSR count). The number of nitrogens with zero attached hydrogens (tertiary/aromatic N) is 2. The second-order valence-corrected chi connectivity index (χ2v) is 10.3. The highest BCUT2D eigenvalue weighted by Gasteiger charge is 2.37. The first-order chi connectivity index (χ1) is 16.2. The first-order valence-electron chi connectivity index (χ1n) is 11.6. The average molecular weight is 488 g/mol. The summed E-state index contributed by atoms with van der Waals surface area (Å²) in [7, 11) is -4.17. The van der Waals surface area contributed by atoms with Gasteiger partial charge in [-0.05, 0) is 73.8 Å². The molecule has 2 aromatic rings. The molecule has 2 aliphatic heterocycles. The number of carbonyl (C=O) groups is 1. The molecule has 0 unspecified atom stereocenters. The Hall–Kier alpha value is -2.91. The van der Waals surface area contributed by atoms with Crippen LogP contribution in [0, 0.1) is 5.82 Å². The number of rotatable bonds is 9. The maximum absolute atomic E-state index is 14.0. The molecule has 182 valence electrons. The van der Waals surface area contributed by atoms with E-state index in [1.165, 1.54) is 18.2 Å². The summed E-state index contributed by atoms with van der Waals surface area (Å²) in [6, 6.07) is 7.03. The molecule has 0 saturated carbocycles. The van der Waals surface area contributed by atoms with Crippen molar-refractivity contribution in [3.63, 3.8) is 0 Å². The van der Waals surface area contributed by atoms with Crippen molar-refractivity contribution >= 4 is 33.4 Å². The average Bonchev–Trinajstić information content (AvgIpc) is 3.37. The van der Waals surface area contributed by atoms with Gasteiger partial charge in [0.1, 0.15) is 5.82 Å². The van der Waals surface area contributed by atoms with E-state index in [1.807, 2.05) is 13.8 Å². The lowest BCUT2D eigenvalue weighted by Crippen LogP contribution is -2.24. The van der Waals surface area contributed by atoms with Gasteiger partial charge in [-0.25, -0.2) is 17.6 Å². The number of halogens is 1. The fraction of sp³-hybridized carbons (Fsp3) is 0.400. The Balaban J connectivity index is 1.68. The largest absolute Gasteiger partial charge is 0.478 e. The summed E-state index contributed by atoms with van der Waals surface area (Å²) in [5.41, 5.74) is 1.74. The van der Waals surface area contributed by atoms with Crippen LogP contribution in [0.3, 0.4) is 0 Å². The summed E-state index contributed by atoms with van der Waals surface area (Å²) >= 11 is 0. The molecule has 2 N–H and O–H groups in total. The highest BCUT2D eigenvalue weighted by molar-refractivity contribution is 7.92. The number of carboxylic acid groups (broad SMARTS) is 1. The smallest absolute Gasteiger partial charge is 0.338 e. The molecular weight excluding hydrogens is 457 g/mol. The summed E-state index contributed by atoms with van der Waals surface area (Å²) in [5.74, 6) is -1.72. The van der Waals surface area contributed by atoms with Crippen LogP contribution in [0.25, 0.3) is 6.08 Å². The van der Waals surface area contributed by atoms with Crippen LogP contribution in [0.1, 0.15) is 48.2 Å². The lowest BCUT2D eigenvalue weighted by Gasteiger charge is -2.19. The Morgan fingerprint density at radius 1 is 1.26 bits per heavy atom. The van der Waals surface area contributed by atoms with Crippen molar-refractivity contribution in [2.75, 3.05) is 35.8 Å². The maximum atomic E-state index is 14.0. The second kappa shape index (κ2) is 9.76. The Morgan fingerprint density at radius 3 is 2.74 bits per heavy atom. The summed E-state index contributed by atoms with van der Waals surface area (Å²) in [5, 5.41) is 9.95. The van der Waals surface area contributed by atoms with Gasteiger partial charge < -0.3 is 14.9 Å². The Morgan fingerprint density at radius 2 is 2.03 bits per heavy atom. The third-order valence-corrected chi connectivity index (χ3v) is 8.13. The molecule has 2 aromatic carbocycles. The Bertz CT molecular complexity index is 1220. The van der Waals surface area contributed by atoms with E-state index >= 15 is 0 Å².